The second-order valence-electron chi connectivity index (χ2n) is 8.21. The fraction of sp³-hybridized carbons (Fsp3) is 0.333. The van der Waals surface area contributed by atoms with Crippen molar-refractivity contribution < 1.29 is 28.7 Å². The number of methoxy groups -OCH3 is 2. The monoisotopic (exact) mass is 404 g/mol. The predicted octanol–water partition coefficient (Wildman–Crippen LogP) is 2.60. The predicted molar refractivity (Wildman–Crippen MR) is 105 cm³/mol. The van der Waals surface area contributed by atoms with Crippen LogP contribution >= 0.6 is 0 Å². The number of ether oxygens (including phenoxy) is 2. The smallest absolute Gasteiger partial charge is 0.310 e. The molecule has 0 radical (unpaired) electrons. The maximum absolute atomic E-state index is 13.9. The summed E-state index contributed by atoms with van der Waals surface area (Å²) in [5, 5.41) is 0. The molecule has 0 aromatic heterocycles. The van der Waals surface area contributed by atoms with Crippen molar-refractivity contribution in [3.8, 4) is 0 Å². The number of rotatable bonds is 2. The number of fused-ring (bicyclic) bond motifs is 5. The van der Waals surface area contributed by atoms with E-state index < -0.39 is 41.0 Å². The zero-order valence-electron chi connectivity index (χ0n) is 16.6. The Hall–Kier alpha value is -3.28. The first-order valence-electron chi connectivity index (χ1n) is 9.89. The molecule has 5 atom stereocenters. The average molecular weight is 404 g/mol. The van der Waals surface area contributed by atoms with E-state index in [9.17, 15) is 19.2 Å². The van der Waals surface area contributed by atoms with Crippen LogP contribution in [-0.2, 0) is 25.5 Å². The summed E-state index contributed by atoms with van der Waals surface area (Å²) in [7, 11) is 2.47. The number of esters is 2. The normalized spacial score (nSPS) is 30.7. The maximum Gasteiger partial charge on any atom is 0.310 e. The fourth-order valence-electron chi connectivity index (χ4n) is 6.15. The summed E-state index contributed by atoms with van der Waals surface area (Å²) in [6, 6.07) is 14.3. The van der Waals surface area contributed by atoms with Gasteiger partial charge in [-0.25, -0.2) is 0 Å². The van der Waals surface area contributed by atoms with Gasteiger partial charge < -0.3 is 9.47 Å². The number of hydrogen-bond donors (Lipinski definition) is 0. The molecule has 2 aromatic carbocycles. The number of carbonyl (C=O) groups excluding carboxylic acids is 4. The van der Waals surface area contributed by atoms with Crippen LogP contribution in [0.15, 0.2) is 48.5 Å². The third-order valence-corrected chi connectivity index (χ3v) is 7.18. The van der Waals surface area contributed by atoms with Gasteiger partial charge in [0.15, 0.2) is 11.6 Å². The molecule has 0 N–H and O–H groups in total. The van der Waals surface area contributed by atoms with Crippen molar-refractivity contribution in [2.24, 2.45) is 23.2 Å². The number of hydrogen-bond acceptors (Lipinski definition) is 6. The SMILES string of the molecule is COC(=O)[C@H]1[C@@H]2C(=O)c3ccccc3[C@@H]2[C@@]2(Cc3ccccc3C2=O)[C@@H]1C(=O)OC. The molecule has 1 fully saturated rings. The van der Waals surface area contributed by atoms with Crippen LogP contribution in [0.3, 0.4) is 0 Å². The Balaban J connectivity index is 1.82. The Morgan fingerprint density at radius 2 is 1.53 bits per heavy atom. The van der Waals surface area contributed by atoms with Gasteiger partial charge in [0.1, 0.15) is 0 Å². The van der Waals surface area contributed by atoms with Crippen molar-refractivity contribution in [2.45, 2.75) is 12.3 Å². The van der Waals surface area contributed by atoms with Crippen molar-refractivity contribution in [1.29, 1.82) is 0 Å². The molecule has 6 heteroatoms. The third kappa shape index (κ3) is 2.08. The van der Waals surface area contributed by atoms with E-state index in [1.165, 1.54) is 14.2 Å². The number of carbonyl (C=O) groups is 4. The van der Waals surface area contributed by atoms with Crippen LogP contribution in [0, 0.1) is 23.2 Å². The molecule has 3 aliphatic carbocycles. The number of Topliss-reactive ketones (excluding diaryl/α,β-unsaturated/α-hetero) is 2. The van der Waals surface area contributed by atoms with E-state index in [1.54, 1.807) is 24.3 Å². The van der Waals surface area contributed by atoms with Crippen molar-refractivity contribution in [2.75, 3.05) is 14.2 Å². The van der Waals surface area contributed by atoms with E-state index in [2.05, 4.69) is 0 Å². The lowest BCUT2D eigenvalue weighted by Crippen LogP contribution is -2.44. The van der Waals surface area contributed by atoms with Crippen LogP contribution in [0.25, 0.3) is 0 Å². The Bertz CT molecular complexity index is 1120. The Morgan fingerprint density at radius 3 is 2.20 bits per heavy atom. The first kappa shape index (κ1) is 18.7. The van der Waals surface area contributed by atoms with Gasteiger partial charge in [0.05, 0.1) is 31.5 Å². The highest BCUT2D eigenvalue weighted by Crippen LogP contribution is 2.67. The van der Waals surface area contributed by atoms with Crippen LogP contribution in [0.2, 0.25) is 0 Å². The summed E-state index contributed by atoms with van der Waals surface area (Å²) >= 11 is 0. The highest BCUT2D eigenvalue weighted by atomic mass is 16.5. The molecule has 0 aliphatic heterocycles. The Labute approximate surface area is 173 Å². The first-order valence-corrected chi connectivity index (χ1v) is 9.89. The molecule has 30 heavy (non-hydrogen) atoms. The van der Waals surface area contributed by atoms with Crippen LogP contribution in [0.5, 0.6) is 0 Å². The number of benzene rings is 2. The van der Waals surface area contributed by atoms with E-state index in [-0.39, 0.29) is 18.0 Å². The highest BCUT2D eigenvalue weighted by Gasteiger charge is 2.74. The van der Waals surface area contributed by atoms with Gasteiger partial charge in [0.25, 0.3) is 0 Å². The maximum atomic E-state index is 13.9. The quantitative estimate of drug-likeness (QED) is 0.715. The molecule has 152 valence electrons. The van der Waals surface area contributed by atoms with Crippen LogP contribution in [0.4, 0.5) is 0 Å². The molecule has 5 rings (SSSR count). The van der Waals surface area contributed by atoms with Crippen LogP contribution in [-0.4, -0.2) is 37.7 Å². The Kier molecular flexibility index (Phi) is 3.97. The van der Waals surface area contributed by atoms with Crippen LogP contribution < -0.4 is 0 Å². The van der Waals surface area contributed by atoms with Gasteiger partial charge in [-0.15, -0.1) is 0 Å². The topological polar surface area (TPSA) is 86.7 Å². The van der Waals surface area contributed by atoms with E-state index in [0.29, 0.717) is 16.7 Å². The lowest BCUT2D eigenvalue weighted by atomic mass is 9.66. The highest BCUT2D eigenvalue weighted by molar-refractivity contribution is 6.14. The molecule has 2 aromatic rings. The fourth-order valence-corrected chi connectivity index (χ4v) is 6.15. The standard InChI is InChI=1S/C24H20O6/c1-29-22(27)17-16-18(14-9-5-6-10-15(14)20(16)25)24(19(17)23(28)30-2)11-12-7-3-4-8-13(12)21(24)26/h3-10,16-19H,11H2,1-2H3/t16-,17-,18-,19-,24-/m0/s1. The zero-order valence-corrected chi connectivity index (χ0v) is 16.6. The molecule has 0 bridgehead atoms. The lowest BCUT2D eigenvalue weighted by Gasteiger charge is -2.34. The molecule has 0 amide bonds. The van der Waals surface area contributed by atoms with Crippen molar-refractivity contribution in [1.82, 2.24) is 0 Å². The van der Waals surface area contributed by atoms with E-state index in [4.69, 9.17) is 9.47 Å². The van der Waals surface area contributed by atoms with Crippen molar-refractivity contribution in [3.63, 3.8) is 0 Å². The molecular formula is C24H20O6. The summed E-state index contributed by atoms with van der Waals surface area (Å²) in [5.74, 6) is -5.35. The molecule has 3 aliphatic rings. The zero-order chi connectivity index (χ0) is 21.2. The molecule has 0 saturated heterocycles. The summed E-state index contributed by atoms with van der Waals surface area (Å²) in [5.41, 5.74) is 1.31. The van der Waals surface area contributed by atoms with Gasteiger partial charge >= 0.3 is 11.9 Å². The molecule has 1 saturated carbocycles. The molecule has 1 spiro atoms. The average Bonchev–Trinajstić information content (AvgIpc) is 3.35. The lowest BCUT2D eigenvalue weighted by molar-refractivity contribution is -0.159. The minimum absolute atomic E-state index is 0.209. The number of ketones is 2. The largest absolute Gasteiger partial charge is 0.469 e. The third-order valence-electron chi connectivity index (χ3n) is 7.18. The van der Waals surface area contributed by atoms with Gasteiger partial charge in [-0.2, -0.15) is 0 Å². The second kappa shape index (κ2) is 6.36. The van der Waals surface area contributed by atoms with Gasteiger partial charge in [-0.3, -0.25) is 19.2 Å². The van der Waals surface area contributed by atoms with E-state index >= 15 is 0 Å². The minimum Gasteiger partial charge on any atom is -0.469 e. The van der Waals surface area contributed by atoms with Crippen molar-refractivity contribution in [3.05, 3.63) is 70.8 Å². The van der Waals surface area contributed by atoms with Crippen molar-refractivity contribution >= 4 is 23.5 Å². The second-order valence-corrected chi connectivity index (χ2v) is 8.21. The van der Waals surface area contributed by atoms with Gasteiger partial charge in [0, 0.05) is 23.0 Å². The summed E-state index contributed by atoms with van der Waals surface area (Å²) < 4.78 is 10.1. The van der Waals surface area contributed by atoms with Gasteiger partial charge in [-0.1, -0.05) is 48.5 Å². The molecular weight excluding hydrogens is 384 g/mol. The van der Waals surface area contributed by atoms with E-state index in [1.807, 2.05) is 24.3 Å². The molecule has 0 unspecified atom stereocenters. The van der Waals surface area contributed by atoms with E-state index in [0.717, 1.165) is 5.56 Å². The Morgan fingerprint density at radius 1 is 0.900 bits per heavy atom. The van der Waals surface area contributed by atoms with Crippen LogP contribution in [0.1, 0.15) is 37.8 Å². The summed E-state index contributed by atoms with van der Waals surface area (Å²) in [6.07, 6.45) is 0.276. The molecule has 0 heterocycles. The van der Waals surface area contributed by atoms with Gasteiger partial charge in [-0.05, 0) is 17.5 Å². The minimum atomic E-state index is -1.26. The summed E-state index contributed by atoms with van der Waals surface area (Å²) in [4.78, 5) is 53.3. The summed E-state index contributed by atoms with van der Waals surface area (Å²) in [6.45, 7) is 0. The first-order chi connectivity index (χ1) is 14.5. The molecule has 6 nitrogen and oxygen atoms in total. The van der Waals surface area contributed by atoms with Gasteiger partial charge in [0.2, 0.25) is 0 Å².